The third-order valence-electron chi connectivity index (χ3n) is 3.99. The van der Waals surface area contributed by atoms with Crippen LogP contribution in [0.2, 0.25) is 0 Å². The van der Waals surface area contributed by atoms with Crippen molar-refractivity contribution in [2.45, 2.75) is 20.0 Å². The van der Waals surface area contributed by atoms with Crippen LogP contribution in [-0.4, -0.2) is 19.3 Å². The Morgan fingerprint density at radius 1 is 1.24 bits per heavy atom. The summed E-state index contributed by atoms with van der Waals surface area (Å²) in [6.07, 6.45) is 1.87. The average Bonchev–Trinajstić information content (AvgIpc) is 2.90. The maximum atomic E-state index is 12.1. The number of nitrogens with one attached hydrogen (secondary N) is 2. The minimum atomic E-state index is -0.534. The molecular weight excluding hydrogens is 320 g/mol. The smallest absolute Gasteiger partial charge is 0.330 e. The summed E-state index contributed by atoms with van der Waals surface area (Å²) in [6, 6.07) is 9.44. The molecule has 1 aromatic carbocycles. The molecule has 3 rings (SSSR count). The van der Waals surface area contributed by atoms with Crippen LogP contribution in [0.15, 0.2) is 46.1 Å². The van der Waals surface area contributed by atoms with Crippen molar-refractivity contribution < 1.29 is 0 Å². The first-order chi connectivity index (χ1) is 12.0. The number of aryl methyl sites for hydroxylation is 2. The fraction of sp³-hybridized carbons (Fsp3) is 0.235. The van der Waals surface area contributed by atoms with Gasteiger partial charge in [0, 0.05) is 25.4 Å². The van der Waals surface area contributed by atoms with Crippen molar-refractivity contribution in [1.29, 1.82) is 0 Å². The van der Waals surface area contributed by atoms with Crippen LogP contribution in [0, 0.1) is 6.92 Å². The van der Waals surface area contributed by atoms with Crippen LogP contribution >= 0.6 is 0 Å². The lowest BCUT2D eigenvalue weighted by Gasteiger charge is -2.14. The van der Waals surface area contributed by atoms with Gasteiger partial charge in [0.05, 0.1) is 12.2 Å². The van der Waals surface area contributed by atoms with Crippen LogP contribution in [0.5, 0.6) is 0 Å². The highest BCUT2D eigenvalue weighted by Gasteiger charge is 2.13. The molecule has 0 atom stereocenters. The summed E-state index contributed by atoms with van der Waals surface area (Å²) in [4.78, 5) is 26.6. The second-order valence-corrected chi connectivity index (χ2v) is 5.86. The van der Waals surface area contributed by atoms with Gasteiger partial charge in [0.25, 0.3) is 5.56 Å². The molecule has 0 spiro atoms. The highest BCUT2D eigenvalue weighted by atomic mass is 16.2. The second-order valence-electron chi connectivity index (χ2n) is 5.86. The summed E-state index contributed by atoms with van der Waals surface area (Å²) in [5.41, 5.74) is 7.94. The van der Waals surface area contributed by atoms with E-state index in [-0.39, 0.29) is 18.1 Å². The zero-order chi connectivity index (χ0) is 18.0. The van der Waals surface area contributed by atoms with E-state index in [1.807, 2.05) is 50.5 Å². The number of rotatable bonds is 5. The van der Waals surface area contributed by atoms with Gasteiger partial charge in [-0.3, -0.25) is 19.0 Å². The third-order valence-corrected chi connectivity index (χ3v) is 3.99. The molecule has 0 amide bonds. The molecule has 0 radical (unpaired) electrons. The van der Waals surface area contributed by atoms with Crippen molar-refractivity contribution in [3.05, 3.63) is 74.2 Å². The molecule has 0 aliphatic carbocycles. The summed E-state index contributed by atoms with van der Waals surface area (Å²) < 4.78 is 3.05. The van der Waals surface area contributed by atoms with Gasteiger partial charge in [-0.2, -0.15) is 5.10 Å². The van der Waals surface area contributed by atoms with E-state index in [4.69, 9.17) is 5.73 Å². The SMILES string of the molecule is Cc1nn(C)cc1CNc1c(N)n(Cc2ccccc2)c(=O)[nH]c1=O. The summed E-state index contributed by atoms with van der Waals surface area (Å²) >= 11 is 0. The van der Waals surface area contributed by atoms with Crippen LogP contribution in [0.25, 0.3) is 0 Å². The number of nitrogens with zero attached hydrogens (tertiary/aromatic N) is 3. The van der Waals surface area contributed by atoms with Crippen molar-refractivity contribution in [2.24, 2.45) is 7.05 Å². The van der Waals surface area contributed by atoms with E-state index in [9.17, 15) is 9.59 Å². The number of hydrogen-bond acceptors (Lipinski definition) is 5. The molecule has 0 bridgehead atoms. The first-order valence-electron chi connectivity index (χ1n) is 7.85. The van der Waals surface area contributed by atoms with E-state index in [0.717, 1.165) is 16.8 Å². The lowest BCUT2D eigenvalue weighted by Crippen LogP contribution is -2.34. The molecule has 2 aromatic heterocycles. The van der Waals surface area contributed by atoms with Gasteiger partial charge in [-0.15, -0.1) is 0 Å². The molecule has 25 heavy (non-hydrogen) atoms. The molecule has 0 fully saturated rings. The van der Waals surface area contributed by atoms with E-state index in [1.165, 1.54) is 4.57 Å². The molecular formula is C17H20N6O2. The zero-order valence-corrected chi connectivity index (χ0v) is 14.1. The normalized spacial score (nSPS) is 10.8. The number of nitrogen functional groups attached to an aromatic ring is 1. The fourth-order valence-corrected chi connectivity index (χ4v) is 2.69. The molecule has 2 heterocycles. The van der Waals surface area contributed by atoms with Crippen molar-refractivity contribution >= 4 is 11.5 Å². The quantitative estimate of drug-likeness (QED) is 0.637. The van der Waals surface area contributed by atoms with Crippen LogP contribution in [0.4, 0.5) is 11.5 Å². The van der Waals surface area contributed by atoms with Crippen LogP contribution in [-0.2, 0) is 20.1 Å². The van der Waals surface area contributed by atoms with E-state index in [1.54, 1.807) is 4.68 Å². The highest BCUT2D eigenvalue weighted by Crippen LogP contribution is 2.14. The Labute approximate surface area is 143 Å². The summed E-state index contributed by atoms with van der Waals surface area (Å²) in [5.74, 6) is 0.110. The van der Waals surface area contributed by atoms with Crippen molar-refractivity contribution in [3.63, 3.8) is 0 Å². The maximum absolute atomic E-state index is 12.1. The van der Waals surface area contributed by atoms with Gasteiger partial charge in [-0.25, -0.2) is 4.79 Å². The van der Waals surface area contributed by atoms with Gasteiger partial charge < -0.3 is 11.1 Å². The third kappa shape index (κ3) is 3.47. The maximum Gasteiger partial charge on any atom is 0.330 e. The topological polar surface area (TPSA) is 111 Å². The van der Waals surface area contributed by atoms with Crippen LogP contribution in [0.1, 0.15) is 16.8 Å². The minimum Gasteiger partial charge on any atom is -0.383 e. The predicted molar refractivity (Wildman–Crippen MR) is 96.6 cm³/mol. The summed E-state index contributed by atoms with van der Waals surface area (Å²) in [6.45, 7) is 2.56. The Hall–Kier alpha value is -3.29. The lowest BCUT2D eigenvalue weighted by molar-refractivity contribution is 0.733. The molecule has 4 N–H and O–H groups in total. The number of aromatic amines is 1. The van der Waals surface area contributed by atoms with Gasteiger partial charge in [0.1, 0.15) is 11.5 Å². The van der Waals surface area contributed by atoms with Crippen LogP contribution < -0.4 is 22.3 Å². The molecule has 0 saturated heterocycles. The van der Waals surface area contributed by atoms with Gasteiger partial charge in [0.2, 0.25) is 0 Å². The van der Waals surface area contributed by atoms with E-state index in [2.05, 4.69) is 15.4 Å². The van der Waals surface area contributed by atoms with Crippen molar-refractivity contribution in [2.75, 3.05) is 11.1 Å². The second kappa shape index (κ2) is 6.68. The lowest BCUT2D eigenvalue weighted by atomic mass is 10.2. The molecule has 3 aromatic rings. The Bertz CT molecular complexity index is 1000. The Morgan fingerprint density at radius 2 is 1.96 bits per heavy atom. The average molecular weight is 340 g/mol. The summed E-state index contributed by atoms with van der Waals surface area (Å²) in [5, 5.41) is 7.28. The zero-order valence-electron chi connectivity index (χ0n) is 14.1. The van der Waals surface area contributed by atoms with Crippen LogP contribution in [0.3, 0.4) is 0 Å². The van der Waals surface area contributed by atoms with Crippen molar-refractivity contribution in [1.82, 2.24) is 19.3 Å². The number of hydrogen-bond donors (Lipinski definition) is 3. The van der Waals surface area contributed by atoms with Gasteiger partial charge in [-0.1, -0.05) is 30.3 Å². The fourth-order valence-electron chi connectivity index (χ4n) is 2.69. The molecule has 0 saturated carbocycles. The van der Waals surface area contributed by atoms with Gasteiger partial charge in [0.15, 0.2) is 0 Å². The standard InChI is InChI=1S/C17H20N6O2/c1-11-13(10-22(2)21-11)8-19-14-15(18)23(17(25)20-16(14)24)9-12-6-4-3-5-7-12/h3-7,10,19H,8-9,18H2,1-2H3,(H,20,24,25). The molecule has 130 valence electrons. The molecule has 0 aliphatic heterocycles. The monoisotopic (exact) mass is 340 g/mol. The molecule has 0 unspecified atom stereocenters. The van der Waals surface area contributed by atoms with E-state index < -0.39 is 11.2 Å². The number of benzene rings is 1. The first-order valence-corrected chi connectivity index (χ1v) is 7.85. The minimum absolute atomic E-state index is 0.110. The largest absolute Gasteiger partial charge is 0.383 e. The van der Waals surface area contributed by atoms with E-state index in [0.29, 0.717) is 6.54 Å². The molecule has 8 nitrogen and oxygen atoms in total. The van der Waals surface area contributed by atoms with Gasteiger partial charge >= 0.3 is 5.69 Å². The number of aromatic nitrogens is 4. The predicted octanol–water partition coefficient (Wildman–Crippen LogP) is 0.821. The van der Waals surface area contributed by atoms with Gasteiger partial charge in [-0.05, 0) is 12.5 Å². The van der Waals surface area contributed by atoms with Crippen molar-refractivity contribution in [3.8, 4) is 0 Å². The summed E-state index contributed by atoms with van der Waals surface area (Å²) in [7, 11) is 1.83. The Morgan fingerprint density at radius 3 is 2.60 bits per heavy atom. The highest BCUT2D eigenvalue weighted by molar-refractivity contribution is 5.60. The first kappa shape index (κ1) is 16.6. The molecule has 0 aliphatic rings. The Balaban J connectivity index is 1.91. The number of anilines is 2. The number of nitrogens with two attached hydrogens (primary N) is 1. The number of H-pyrrole nitrogens is 1. The molecule has 8 heteroatoms. The van der Waals surface area contributed by atoms with E-state index >= 15 is 0 Å². The Kier molecular flexibility index (Phi) is 4.42.